The van der Waals surface area contributed by atoms with Gasteiger partial charge in [0, 0.05) is 23.2 Å². The molecule has 1 aliphatic rings. The molecule has 92 valence electrons. The summed E-state index contributed by atoms with van der Waals surface area (Å²) in [6.07, 6.45) is 2.41. The summed E-state index contributed by atoms with van der Waals surface area (Å²) >= 11 is 5.96. The molecule has 1 aromatic carbocycles. The summed E-state index contributed by atoms with van der Waals surface area (Å²) in [5.41, 5.74) is 1.02. The van der Waals surface area contributed by atoms with Crippen LogP contribution in [0.15, 0.2) is 12.1 Å². The Morgan fingerprint density at radius 3 is 2.71 bits per heavy atom. The van der Waals surface area contributed by atoms with Crippen LogP contribution in [0.2, 0.25) is 5.02 Å². The molecule has 0 unspecified atom stereocenters. The lowest BCUT2D eigenvalue weighted by Gasteiger charge is -2.17. The van der Waals surface area contributed by atoms with E-state index in [1.807, 2.05) is 7.05 Å². The standard InChI is InChI=1S/C13H16ClNO2/c1-8(16)12-6-10(14)5-9(13(12)17)7-15(2)11-3-4-11/h5-6,11,17H,3-4,7H2,1-2H3. The average molecular weight is 254 g/mol. The van der Waals surface area contributed by atoms with Crippen molar-refractivity contribution in [3.63, 3.8) is 0 Å². The summed E-state index contributed by atoms with van der Waals surface area (Å²) < 4.78 is 0. The van der Waals surface area contributed by atoms with E-state index in [1.54, 1.807) is 6.07 Å². The lowest BCUT2D eigenvalue weighted by atomic mass is 10.1. The maximum Gasteiger partial charge on any atom is 0.163 e. The Morgan fingerprint density at radius 1 is 1.53 bits per heavy atom. The molecule has 1 N–H and O–H groups in total. The summed E-state index contributed by atoms with van der Waals surface area (Å²) in [5, 5.41) is 10.5. The number of nitrogens with zero attached hydrogens (tertiary/aromatic N) is 1. The molecule has 3 nitrogen and oxygen atoms in total. The van der Waals surface area contributed by atoms with Crippen molar-refractivity contribution in [1.29, 1.82) is 0 Å². The van der Waals surface area contributed by atoms with Gasteiger partial charge in [-0.1, -0.05) is 11.6 Å². The Balaban J connectivity index is 2.28. The van der Waals surface area contributed by atoms with Crippen LogP contribution in [0.3, 0.4) is 0 Å². The van der Waals surface area contributed by atoms with E-state index in [-0.39, 0.29) is 11.5 Å². The zero-order chi connectivity index (χ0) is 12.6. The van der Waals surface area contributed by atoms with Gasteiger partial charge in [0.15, 0.2) is 5.78 Å². The van der Waals surface area contributed by atoms with E-state index < -0.39 is 0 Å². The molecule has 0 heterocycles. The van der Waals surface area contributed by atoms with Crippen molar-refractivity contribution < 1.29 is 9.90 Å². The fourth-order valence-corrected chi connectivity index (χ4v) is 2.20. The maximum absolute atomic E-state index is 11.4. The highest BCUT2D eigenvalue weighted by Gasteiger charge is 2.27. The number of carbonyl (C=O) groups is 1. The molecular weight excluding hydrogens is 238 g/mol. The molecule has 17 heavy (non-hydrogen) atoms. The molecular formula is C13H16ClNO2. The van der Waals surface area contributed by atoms with Crippen LogP contribution in [-0.4, -0.2) is 28.9 Å². The van der Waals surface area contributed by atoms with Gasteiger partial charge < -0.3 is 5.11 Å². The molecule has 0 amide bonds. The molecule has 0 saturated heterocycles. The molecule has 4 heteroatoms. The van der Waals surface area contributed by atoms with E-state index in [2.05, 4.69) is 4.90 Å². The normalized spacial score (nSPS) is 15.3. The van der Waals surface area contributed by atoms with Gasteiger partial charge in [-0.2, -0.15) is 0 Å². The van der Waals surface area contributed by atoms with Gasteiger partial charge in [0.25, 0.3) is 0 Å². The first-order chi connectivity index (χ1) is 7.99. The third kappa shape index (κ3) is 2.79. The van der Waals surface area contributed by atoms with Gasteiger partial charge in [0.2, 0.25) is 0 Å². The Morgan fingerprint density at radius 2 is 2.18 bits per heavy atom. The molecule has 1 aliphatic carbocycles. The quantitative estimate of drug-likeness (QED) is 0.839. The molecule has 2 rings (SSSR count). The monoisotopic (exact) mass is 253 g/mol. The van der Waals surface area contributed by atoms with Crippen molar-refractivity contribution in [2.75, 3.05) is 7.05 Å². The molecule has 0 spiro atoms. The largest absolute Gasteiger partial charge is 0.507 e. The number of phenolic OH excluding ortho intramolecular Hbond substituents is 1. The van der Waals surface area contributed by atoms with Crippen molar-refractivity contribution in [2.24, 2.45) is 0 Å². The molecule has 1 saturated carbocycles. The van der Waals surface area contributed by atoms with Crippen LogP contribution in [-0.2, 0) is 6.54 Å². The Labute approximate surface area is 106 Å². The molecule has 0 radical (unpaired) electrons. The van der Waals surface area contributed by atoms with Crippen molar-refractivity contribution >= 4 is 17.4 Å². The second kappa shape index (κ2) is 4.67. The minimum atomic E-state index is -0.166. The molecule has 1 aromatic rings. The van der Waals surface area contributed by atoms with Crippen LogP contribution in [0.4, 0.5) is 0 Å². The predicted molar refractivity (Wildman–Crippen MR) is 67.6 cm³/mol. The van der Waals surface area contributed by atoms with Gasteiger partial charge in [0.1, 0.15) is 5.75 Å². The number of halogens is 1. The van der Waals surface area contributed by atoms with E-state index in [1.165, 1.54) is 25.8 Å². The number of benzene rings is 1. The number of Topliss-reactive ketones (excluding diaryl/α,β-unsaturated/α-hetero) is 1. The van der Waals surface area contributed by atoms with Gasteiger partial charge in [-0.15, -0.1) is 0 Å². The second-order valence-corrected chi connectivity index (χ2v) is 5.10. The van der Waals surface area contributed by atoms with E-state index in [0.717, 1.165) is 5.56 Å². The molecule has 0 aromatic heterocycles. The summed E-state index contributed by atoms with van der Waals surface area (Å²) in [7, 11) is 2.02. The van der Waals surface area contributed by atoms with Gasteiger partial charge >= 0.3 is 0 Å². The first-order valence-electron chi connectivity index (χ1n) is 5.71. The zero-order valence-electron chi connectivity index (χ0n) is 10.0. The minimum Gasteiger partial charge on any atom is -0.507 e. The van der Waals surface area contributed by atoms with Crippen LogP contribution >= 0.6 is 11.6 Å². The van der Waals surface area contributed by atoms with Crippen LogP contribution in [0.25, 0.3) is 0 Å². The lowest BCUT2D eigenvalue weighted by Crippen LogP contribution is -2.20. The fourth-order valence-electron chi connectivity index (χ4n) is 1.96. The summed E-state index contributed by atoms with van der Waals surface area (Å²) in [5.74, 6) is -0.102. The second-order valence-electron chi connectivity index (χ2n) is 4.66. The van der Waals surface area contributed by atoms with E-state index >= 15 is 0 Å². The number of ketones is 1. The number of phenols is 1. The predicted octanol–water partition coefficient (Wildman–Crippen LogP) is 2.84. The van der Waals surface area contributed by atoms with Crippen LogP contribution in [0.5, 0.6) is 5.75 Å². The maximum atomic E-state index is 11.4. The van der Waals surface area contributed by atoms with Crippen LogP contribution in [0.1, 0.15) is 35.7 Å². The lowest BCUT2D eigenvalue weighted by molar-refractivity contribution is 0.101. The number of hydrogen-bond acceptors (Lipinski definition) is 3. The Hall–Kier alpha value is -1.06. The van der Waals surface area contributed by atoms with E-state index in [4.69, 9.17) is 11.6 Å². The fraction of sp³-hybridized carbons (Fsp3) is 0.462. The molecule has 0 aliphatic heterocycles. The number of aromatic hydroxyl groups is 1. The van der Waals surface area contributed by atoms with Crippen molar-refractivity contribution in [1.82, 2.24) is 4.90 Å². The number of rotatable bonds is 4. The smallest absolute Gasteiger partial charge is 0.163 e. The van der Waals surface area contributed by atoms with Gasteiger partial charge in [0.05, 0.1) is 5.56 Å². The highest BCUT2D eigenvalue weighted by molar-refractivity contribution is 6.31. The van der Waals surface area contributed by atoms with Gasteiger partial charge in [-0.25, -0.2) is 0 Å². The van der Waals surface area contributed by atoms with Gasteiger partial charge in [-0.3, -0.25) is 9.69 Å². The molecule has 1 fully saturated rings. The Bertz CT molecular complexity index is 455. The summed E-state index contributed by atoms with van der Waals surface area (Å²) in [6.45, 7) is 2.05. The average Bonchev–Trinajstić information content (AvgIpc) is 3.05. The van der Waals surface area contributed by atoms with Crippen LogP contribution in [0, 0.1) is 0 Å². The molecule has 0 atom stereocenters. The third-order valence-corrected chi connectivity index (χ3v) is 3.34. The molecule has 0 bridgehead atoms. The number of hydrogen-bond donors (Lipinski definition) is 1. The van der Waals surface area contributed by atoms with E-state index in [0.29, 0.717) is 23.2 Å². The topological polar surface area (TPSA) is 40.5 Å². The van der Waals surface area contributed by atoms with Gasteiger partial charge in [-0.05, 0) is 38.9 Å². The van der Waals surface area contributed by atoms with Crippen LogP contribution < -0.4 is 0 Å². The van der Waals surface area contributed by atoms with Crippen molar-refractivity contribution in [2.45, 2.75) is 32.4 Å². The Kier molecular flexibility index (Phi) is 3.40. The highest BCUT2D eigenvalue weighted by atomic mass is 35.5. The van der Waals surface area contributed by atoms with Crippen molar-refractivity contribution in [3.8, 4) is 5.75 Å². The van der Waals surface area contributed by atoms with E-state index in [9.17, 15) is 9.90 Å². The zero-order valence-corrected chi connectivity index (χ0v) is 10.8. The summed E-state index contributed by atoms with van der Waals surface area (Å²) in [6, 6.07) is 3.84. The first-order valence-corrected chi connectivity index (χ1v) is 6.09. The summed E-state index contributed by atoms with van der Waals surface area (Å²) in [4.78, 5) is 13.5. The highest BCUT2D eigenvalue weighted by Crippen LogP contribution is 2.32. The minimum absolute atomic E-state index is 0.0643. The first kappa shape index (κ1) is 12.4. The van der Waals surface area contributed by atoms with Crippen molar-refractivity contribution in [3.05, 3.63) is 28.3 Å². The number of carbonyl (C=O) groups excluding carboxylic acids is 1. The third-order valence-electron chi connectivity index (χ3n) is 3.12. The SMILES string of the molecule is CC(=O)c1cc(Cl)cc(CN(C)C2CC2)c1O.